The van der Waals surface area contributed by atoms with Crippen molar-refractivity contribution in [1.29, 1.82) is 0 Å². The summed E-state index contributed by atoms with van der Waals surface area (Å²) in [5.74, 6) is -1.60. The number of hydrogen-bond donors (Lipinski definition) is 1. The van der Waals surface area contributed by atoms with Gasteiger partial charge >= 0.3 is 11.7 Å². The molecule has 0 aliphatic carbocycles. The van der Waals surface area contributed by atoms with Gasteiger partial charge in [-0.3, -0.25) is 14.9 Å². The molecule has 13 nitrogen and oxygen atoms in total. The van der Waals surface area contributed by atoms with Gasteiger partial charge in [0.15, 0.2) is 12.4 Å². The topological polar surface area (TPSA) is 164 Å². The monoisotopic (exact) mass is 509 g/mol. The molecular formula is C21H23N3O10S. The molecule has 14 heteroatoms. The van der Waals surface area contributed by atoms with Crippen molar-refractivity contribution in [1.82, 2.24) is 4.31 Å². The summed E-state index contributed by atoms with van der Waals surface area (Å²) < 4.78 is 47.3. The Bertz CT molecular complexity index is 1230. The van der Waals surface area contributed by atoms with E-state index in [-0.39, 0.29) is 53.9 Å². The Labute approximate surface area is 200 Å². The first-order valence-corrected chi connectivity index (χ1v) is 11.7. The molecule has 0 spiro atoms. The summed E-state index contributed by atoms with van der Waals surface area (Å²) in [6.07, 6.45) is 0. The first-order valence-electron chi connectivity index (χ1n) is 10.2. The normalized spacial score (nSPS) is 14.1. The molecule has 1 aliphatic rings. The van der Waals surface area contributed by atoms with Crippen molar-refractivity contribution in [2.75, 3.05) is 52.4 Å². The van der Waals surface area contributed by atoms with Crippen molar-refractivity contribution < 1.29 is 41.9 Å². The van der Waals surface area contributed by atoms with Crippen LogP contribution in [0, 0.1) is 10.1 Å². The molecule has 1 N–H and O–H groups in total. The lowest BCUT2D eigenvalue weighted by Gasteiger charge is -2.26. The van der Waals surface area contributed by atoms with E-state index in [1.54, 1.807) is 0 Å². The molecule has 1 saturated heterocycles. The third kappa shape index (κ3) is 6.03. The molecule has 1 fully saturated rings. The van der Waals surface area contributed by atoms with Crippen molar-refractivity contribution in [2.45, 2.75) is 4.90 Å². The van der Waals surface area contributed by atoms with Crippen LogP contribution in [0.15, 0.2) is 41.3 Å². The van der Waals surface area contributed by atoms with E-state index in [9.17, 15) is 28.1 Å². The zero-order valence-electron chi connectivity index (χ0n) is 18.9. The number of carbonyl (C=O) groups is 2. The van der Waals surface area contributed by atoms with E-state index in [1.807, 2.05) is 0 Å². The number of ether oxygens (including phenoxy) is 4. The lowest BCUT2D eigenvalue weighted by atomic mass is 10.2. The van der Waals surface area contributed by atoms with Gasteiger partial charge in [-0.1, -0.05) is 0 Å². The largest absolute Gasteiger partial charge is 0.495 e. The molecule has 0 atom stereocenters. The number of sulfonamides is 1. The first kappa shape index (κ1) is 25.9. The fourth-order valence-corrected chi connectivity index (χ4v) is 4.68. The van der Waals surface area contributed by atoms with Gasteiger partial charge in [-0.2, -0.15) is 4.31 Å². The zero-order chi connectivity index (χ0) is 25.6. The number of esters is 1. The van der Waals surface area contributed by atoms with Gasteiger partial charge in [-0.15, -0.1) is 0 Å². The predicted molar refractivity (Wildman–Crippen MR) is 121 cm³/mol. The van der Waals surface area contributed by atoms with Crippen LogP contribution in [0.5, 0.6) is 11.5 Å². The number of benzene rings is 2. The van der Waals surface area contributed by atoms with Crippen LogP contribution in [0.25, 0.3) is 0 Å². The second kappa shape index (κ2) is 11.1. The number of hydrogen-bond acceptors (Lipinski definition) is 10. The number of amides is 1. The van der Waals surface area contributed by atoms with Gasteiger partial charge in [0.05, 0.1) is 48.5 Å². The summed E-state index contributed by atoms with van der Waals surface area (Å²) in [6, 6.07) is 7.47. The minimum atomic E-state index is -3.83. The highest BCUT2D eigenvalue weighted by atomic mass is 32.2. The Morgan fingerprint density at radius 3 is 2.37 bits per heavy atom. The molecular weight excluding hydrogens is 486 g/mol. The Kier molecular flexibility index (Phi) is 8.22. The molecule has 2 aromatic rings. The van der Waals surface area contributed by atoms with Crippen molar-refractivity contribution in [3.05, 3.63) is 52.1 Å². The Morgan fingerprint density at radius 2 is 1.74 bits per heavy atom. The quantitative estimate of drug-likeness (QED) is 0.297. The van der Waals surface area contributed by atoms with E-state index in [4.69, 9.17) is 18.9 Å². The minimum absolute atomic E-state index is 0.0386. The van der Waals surface area contributed by atoms with Crippen LogP contribution in [-0.2, 0) is 24.3 Å². The zero-order valence-corrected chi connectivity index (χ0v) is 19.7. The molecule has 3 rings (SSSR count). The number of nitrogens with zero attached hydrogens (tertiary/aromatic N) is 2. The maximum absolute atomic E-state index is 12.9. The van der Waals surface area contributed by atoms with Crippen molar-refractivity contribution >= 4 is 33.3 Å². The third-order valence-corrected chi connectivity index (χ3v) is 6.89. The van der Waals surface area contributed by atoms with E-state index in [2.05, 4.69) is 5.32 Å². The molecule has 0 unspecified atom stereocenters. The van der Waals surface area contributed by atoms with E-state index < -0.39 is 39.1 Å². The van der Waals surface area contributed by atoms with E-state index in [0.717, 1.165) is 6.07 Å². The van der Waals surface area contributed by atoms with E-state index in [0.29, 0.717) is 0 Å². The molecule has 1 aliphatic heterocycles. The van der Waals surface area contributed by atoms with Crippen LogP contribution in [0.2, 0.25) is 0 Å². The fourth-order valence-electron chi connectivity index (χ4n) is 3.24. The molecule has 2 aromatic carbocycles. The van der Waals surface area contributed by atoms with E-state index >= 15 is 0 Å². The number of anilines is 1. The predicted octanol–water partition coefficient (Wildman–Crippen LogP) is 1.43. The summed E-state index contributed by atoms with van der Waals surface area (Å²) >= 11 is 0. The maximum Gasteiger partial charge on any atom is 0.338 e. The average molecular weight is 509 g/mol. The van der Waals surface area contributed by atoms with Gasteiger partial charge in [0.2, 0.25) is 10.0 Å². The van der Waals surface area contributed by atoms with Crippen LogP contribution in [0.1, 0.15) is 10.4 Å². The standard InChI is InChI=1S/C21H23N3O10S/c1-31-18-6-4-15(35(29,30)23-7-9-33-10-8-23)12-16(18)22-20(25)13-34-21(26)14-3-5-19(32-2)17(11-14)24(27)28/h3-6,11-12H,7-10,13H2,1-2H3,(H,22,25). The number of nitro benzene ring substituents is 1. The highest BCUT2D eigenvalue weighted by Crippen LogP contribution is 2.30. The molecule has 1 heterocycles. The summed E-state index contributed by atoms with van der Waals surface area (Å²) in [5, 5.41) is 13.6. The van der Waals surface area contributed by atoms with Gasteiger partial charge in [0, 0.05) is 19.2 Å². The van der Waals surface area contributed by atoms with Gasteiger partial charge in [0.25, 0.3) is 5.91 Å². The first-order chi connectivity index (χ1) is 16.7. The van der Waals surface area contributed by atoms with Crippen molar-refractivity contribution in [3.8, 4) is 11.5 Å². The Hall–Kier alpha value is -3.75. The van der Waals surface area contributed by atoms with Crippen LogP contribution < -0.4 is 14.8 Å². The Morgan fingerprint density at radius 1 is 1.09 bits per heavy atom. The van der Waals surface area contributed by atoms with Crippen LogP contribution >= 0.6 is 0 Å². The number of morpholine rings is 1. The fraction of sp³-hybridized carbons (Fsp3) is 0.333. The van der Waals surface area contributed by atoms with Gasteiger partial charge in [-0.25, -0.2) is 13.2 Å². The lowest BCUT2D eigenvalue weighted by molar-refractivity contribution is -0.385. The molecule has 0 bridgehead atoms. The summed E-state index contributed by atoms with van der Waals surface area (Å²) in [7, 11) is -1.23. The second-order valence-corrected chi connectivity index (χ2v) is 9.08. The number of methoxy groups -OCH3 is 2. The third-order valence-electron chi connectivity index (χ3n) is 5.00. The molecule has 1 amide bonds. The number of rotatable bonds is 9. The number of nitro groups is 1. The molecule has 35 heavy (non-hydrogen) atoms. The van der Waals surface area contributed by atoms with Crippen LogP contribution in [0.4, 0.5) is 11.4 Å². The molecule has 0 radical (unpaired) electrons. The van der Waals surface area contributed by atoms with Crippen molar-refractivity contribution in [3.63, 3.8) is 0 Å². The van der Waals surface area contributed by atoms with Crippen LogP contribution in [-0.4, -0.2) is 76.7 Å². The average Bonchev–Trinajstić information content (AvgIpc) is 2.87. The van der Waals surface area contributed by atoms with E-state index in [1.165, 1.54) is 48.9 Å². The summed E-state index contributed by atoms with van der Waals surface area (Å²) in [6.45, 7) is 0.233. The van der Waals surface area contributed by atoms with Gasteiger partial charge < -0.3 is 24.3 Å². The van der Waals surface area contributed by atoms with Crippen LogP contribution in [0.3, 0.4) is 0 Å². The van der Waals surface area contributed by atoms with Gasteiger partial charge in [-0.05, 0) is 30.3 Å². The molecule has 0 aromatic heterocycles. The summed E-state index contributed by atoms with van der Waals surface area (Å²) in [4.78, 5) is 35.0. The number of nitrogens with one attached hydrogen (secondary N) is 1. The highest BCUT2D eigenvalue weighted by molar-refractivity contribution is 7.89. The minimum Gasteiger partial charge on any atom is -0.495 e. The molecule has 0 saturated carbocycles. The van der Waals surface area contributed by atoms with Gasteiger partial charge in [0.1, 0.15) is 5.75 Å². The summed E-state index contributed by atoms with van der Waals surface area (Å²) in [5.41, 5.74) is -0.529. The SMILES string of the molecule is COc1ccc(S(=O)(=O)N2CCOCC2)cc1NC(=O)COC(=O)c1ccc(OC)c([N+](=O)[O-])c1. The highest BCUT2D eigenvalue weighted by Gasteiger charge is 2.27. The molecule has 188 valence electrons. The smallest absolute Gasteiger partial charge is 0.338 e. The Balaban J connectivity index is 1.70. The number of carbonyl (C=O) groups excluding carboxylic acids is 2. The second-order valence-electron chi connectivity index (χ2n) is 7.15. The lowest BCUT2D eigenvalue weighted by Crippen LogP contribution is -2.40. The van der Waals surface area contributed by atoms with Crippen molar-refractivity contribution in [2.24, 2.45) is 0 Å². The maximum atomic E-state index is 12.9.